The van der Waals surface area contributed by atoms with E-state index in [1.54, 1.807) is 24.1 Å². The number of methoxy groups -OCH3 is 1. The van der Waals surface area contributed by atoms with E-state index in [1.807, 2.05) is 31.3 Å². The number of hydrogen-bond acceptors (Lipinski definition) is 6. The first-order valence-corrected chi connectivity index (χ1v) is 12.5. The average Bonchev–Trinajstić information content (AvgIpc) is 3.52. The number of nitrogens with zero attached hydrogens (tertiary/aromatic N) is 4. The van der Waals surface area contributed by atoms with Crippen molar-refractivity contribution in [1.82, 2.24) is 25.1 Å². The van der Waals surface area contributed by atoms with Crippen LogP contribution in [0.25, 0.3) is 45.1 Å². The van der Waals surface area contributed by atoms with Gasteiger partial charge in [0.25, 0.3) is 0 Å². The molecule has 0 amide bonds. The van der Waals surface area contributed by atoms with Gasteiger partial charge in [-0.15, -0.1) is 10.2 Å². The minimum absolute atomic E-state index is 0.322. The summed E-state index contributed by atoms with van der Waals surface area (Å²) in [6, 6.07) is 17.1. The Balaban J connectivity index is 1.38. The highest BCUT2D eigenvalue weighted by molar-refractivity contribution is 5.84. The number of fused-ring (bicyclic) bond motifs is 1. The normalized spacial score (nSPS) is 13.5. The van der Waals surface area contributed by atoms with Gasteiger partial charge < -0.3 is 19.0 Å². The summed E-state index contributed by atoms with van der Waals surface area (Å²) in [5, 5.41) is 11.6. The molecule has 0 aliphatic heterocycles. The molecule has 1 fully saturated rings. The average molecular weight is 498 g/mol. The lowest BCUT2D eigenvalue weighted by Gasteiger charge is -2.10. The van der Waals surface area contributed by atoms with Crippen molar-refractivity contribution in [2.45, 2.75) is 25.3 Å². The van der Waals surface area contributed by atoms with E-state index in [4.69, 9.17) is 14.1 Å². The molecular formula is C29H28FN5O2. The number of aryl methyl sites for hydroxylation is 1. The highest BCUT2D eigenvalue weighted by Gasteiger charge is 2.28. The molecule has 6 rings (SSSR count). The lowest BCUT2D eigenvalue weighted by molar-refractivity contribution is 0.199. The Kier molecular flexibility index (Phi) is 6.28. The van der Waals surface area contributed by atoms with Crippen molar-refractivity contribution in [3.63, 3.8) is 0 Å². The number of rotatable bonds is 9. The molecule has 1 saturated carbocycles. The molecule has 37 heavy (non-hydrogen) atoms. The summed E-state index contributed by atoms with van der Waals surface area (Å²) in [5.41, 5.74) is 7.49. The minimum atomic E-state index is -0.322. The van der Waals surface area contributed by atoms with Crippen LogP contribution in [0.3, 0.4) is 0 Å². The molecule has 0 radical (unpaired) electrons. The molecule has 2 heterocycles. The van der Waals surface area contributed by atoms with Gasteiger partial charge in [0, 0.05) is 43.9 Å². The van der Waals surface area contributed by atoms with Gasteiger partial charge in [-0.3, -0.25) is 0 Å². The third-order valence-corrected chi connectivity index (χ3v) is 6.76. The van der Waals surface area contributed by atoms with Crippen molar-refractivity contribution in [1.29, 1.82) is 0 Å². The van der Waals surface area contributed by atoms with Gasteiger partial charge >= 0.3 is 0 Å². The Hall–Kier alpha value is -3.88. The van der Waals surface area contributed by atoms with Gasteiger partial charge in [-0.05, 0) is 65.8 Å². The number of halogens is 1. The van der Waals surface area contributed by atoms with E-state index in [2.05, 4.69) is 27.6 Å². The SMILES string of the molecule is COCCNCc1cc(C2CC2)c2oc(-c3cccc(-c4ccc(F)cc4-c4nncn4C)c3)nc2c1. The molecule has 7 nitrogen and oxygen atoms in total. The molecule has 188 valence electrons. The van der Waals surface area contributed by atoms with Crippen LogP contribution >= 0.6 is 0 Å². The quantitative estimate of drug-likeness (QED) is 0.263. The van der Waals surface area contributed by atoms with Crippen LogP contribution in [0, 0.1) is 5.82 Å². The molecule has 8 heteroatoms. The first-order valence-electron chi connectivity index (χ1n) is 12.5. The molecule has 0 unspecified atom stereocenters. The van der Waals surface area contributed by atoms with Gasteiger partial charge in [0.15, 0.2) is 11.4 Å². The molecule has 0 spiro atoms. The Bertz CT molecular complexity index is 1570. The molecular weight excluding hydrogens is 469 g/mol. The monoisotopic (exact) mass is 497 g/mol. The van der Waals surface area contributed by atoms with Gasteiger partial charge in [-0.2, -0.15) is 0 Å². The van der Waals surface area contributed by atoms with Gasteiger partial charge in [0.2, 0.25) is 5.89 Å². The predicted molar refractivity (Wildman–Crippen MR) is 140 cm³/mol. The zero-order chi connectivity index (χ0) is 25.4. The second-order valence-electron chi connectivity index (χ2n) is 9.53. The minimum Gasteiger partial charge on any atom is -0.436 e. The van der Waals surface area contributed by atoms with Crippen molar-refractivity contribution < 1.29 is 13.5 Å². The number of aromatic nitrogens is 4. The number of nitrogens with one attached hydrogen (secondary N) is 1. The standard InChI is InChI=1S/C29H28FN5O2/c1-35-17-32-34-28(35)25-15-22(30)8-9-23(25)20-4-3-5-21(14-20)29-33-26-13-18(16-31-10-11-36-2)12-24(19-6-7-19)27(26)37-29/h3-5,8-9,12-15,17,19,31H,6-7,10-11,16H2,1-2H3. The molecule has 0 atom stereocenters. The Morgan fingerprint density at radius 3 is 2.73 bits per heavy atom. The third-order valence-electron chi connectivity index (χ3n) is 6.76. The van der Waals surface area contributed by atoms with Crippen molar-refractivity contribution in [3.8, 4) is 34.0 Å². The van der Waals surface area contributed by atoms with Crippen molar-refractivity contribution in [2.75, 3.05) is 20.3 Å². The Labute approximate surface area is 214 Å². The summed E-state index contributed by atoms with van der Waals surface area (Å²) in [5.74, 6) is 1.38. The number of hydrogen-bond donors (Lipinski definition) is 1. The Morgan fingerprint density at radius 2 is 1.95 bits per heavy atom. The first-order chi connectivity index (χ1) is 18.1. The fraction of sp³-hybridized carbons (Fsp3) is 0.276. The fourth-order valence-electron chi connectivity index (χ4n) is 4.75. The Morgan fingerprint density at radius 1 is 1.08 bits per heavy atom. The van der Waals surface area contributed by atoms with E-state index in [0.717, 1.165) is 40.9 Å². The van der Waals surface area contributed by atoms with Gasteiger partial charge in [-0.1, -0.05) is 24.3 Å². The topological polar surface area (TPSA) is 78.0 Å². The summed E-state index contributed by atoms with van der Waals surface area (Å²) in [7, 11) is 3.55. The van der Waals surface area contributed by atoms with E-state index in [0.29, 0.717) is 29.8 Å². The molecule has 1 aliphatic carbocycles. The van der Waals surface area contributed by atoms with E-state index in [-0.39, 0.29) is 5.82 Å². The second kappa shape index (κ2) is 9.88. The zero-order valence-electron chi connectivity index (χ0n) is 20.9. The summed E-state index contributed by atoms with van der Waals surface area (Å²) < 4.78 is 27.5. The third kappa shape index (κ3) is 4.77. The predicted octanol–water partition coefficient (Wildman–Crippen LogP) is 5.71. The number of benzene rings is 3. The van der Waals surface area contributed by atoms with Crippen molar-refractivity contribution in [3.05, 3.63) is 77.9 Å². The maximum atomic E-state index is 14.2. The van der Waals surface area contributed by atoms with Crippen LogP contribution in [0.15, 0.2) is 65.3 Å². The van der Waals surface area contributed by atoms with Crippen molar-refractivity contribution >= 4 is 11.1 Å². The maximum Gasteiger partial charge on any atom is 0.227 e. The summed E-state index contributed by atoms with van der Waals surface area (Å²) in [6.45, 7) is 2.23. The van der Waals surface area contributed by atoms with Crippen LogP contribution in [0.5, 0.6) is 0 Å². The van der Waals surface area contributed by atoms with Crippen LogP contribution in [0.1, 0.15) is 29.9 Å². The van der Waals surface area contributed by atoms with E-state index >= 15 is 0 Å². The molecule has 1 N–H and O–H groups in total. The first kappa shape index (κ1) is 23.5. The smallest absolute Gasteiger partial charge is 0.227 e. The summed E-state index contributed by atoms with van der Waals surface area (Å²) in [4.78, 5) is 4.89. The highest BCUT2D eigenvalue weighted by Crippen LogP contribution is 2.44. The molecule has 1 aliphatic rings. The van der Waals surface area contributed by atoms with Crippen LogP contribution in [0.4, 0.5) is 4.39 Å². The van der Waals surface area contributed by atoms with Crippen LogP contribution in [-0.4, -0.2) is 40.0 Å². The highest BCUT2D eigenvalue weighted by atomic mass is 19.1. The maximum absolute atomic E-state index is 14.2. The van der Waals surface area contributed by atoms with Crippen LogP contribution in [-0.2, 0) is 18.3 Å². The van der Waals surface area contributed by atoms with E-state index < -0.39 is 0 Å². The van der Waals surface area contributed by atoms with Crippen molar-refractivity contribution in [2.24, 2.45) is 7.05 Å². The van der Waals surface area contributed by atoms with Gasteiger partial charge in [0.05, 0.1) is 6.61 Å². The lowest BCUT2D eigenvalue weighted by atomic mass is 9.97. The molecule has 3 aromatic carbocycles. The molecule has 0 bridgehead atoms. The summed E-state index contributed by atoms with van der Waals surface area (Å²) >= 11 is 0. The largest absolute Gasteiger partial charge is 0.436 e. The zero-order valence-corrected chi connectivity index (χ0v) is 20.9. The number of oxazole rings is 1. The van der Waals surface area contributed by atoms with E-state index in [9.17, 15) is 4.39 Å². The molecule has 5 aromatic rings. The molecule has 0 saturated heterocycles. The summed E-state index contributed by atoms with van der Waals surface area (Å²) in [6.07, 6.45) is 3.96. The van der Waals surface area contributed by atoms with Gasteiger partial charge in [0.1, 0.15) is 17.7 Å². The second-order valence-corrected chi connectivity index (χ2v) is 9.53. The van der Waals surface area contributed by atoms with Gasteiger partial charge in [-0.25, -0.2) is 9.37 Å². The van der Waals surface area contributed by atoms with Crippen LogP contribution < -0.4 is 5.32 Å². The van der Waals surface area contributed by atoms with Crippen LogP contribution in [0.2, 0.25) is 0 Å². The lowest BCUT2D eigenvalue weighted by Crippen LogP contribution is -2.18. The molecule has 2 aromatic heterocycles. The fourth-order valence-corrected chi connectivity index (χ4v) is 4.75. The van der Waals surface area contributed by atoms with E-state index in [1.165, 1.54) is 36.1 Å². The number of ether oxygens (including phenoxy) is 1.